The molecule has 1 aromatic carbocycles. The maximum Gasteiger partial charge on any atom is 0.290 e. The molecule has 6 nitrogen and oxygen atoms in total. The summed E-state index contributed by atoms with van der Waals surface area (Å²) in [4.78, 5) is 29.9. The molecule has 1 saturated carbocycles. The van der Waals surface area contributed by atoms with E-state index in [1.165, 1.54) is 19.3 Å². The van der Waals surface area contributed by atoms with Crippen LogP contribution in [0, 0.1) is 5.92 Å². The highest BCUT2D eigenvalue weighted by atomic mass is 16.5. The molecule has 28 heavy (non-hydrogen) atoms. The fourth-order valence-corrected chi connectivity index (χ4v) is 4.35. The van der Waals surface area contributed by atoms with E-state index in [9.17, 15) is 14.7 Å². The van der Waals surface area contributed by atoms with Crippen LogP contribution in [-0.2, 0) is 9.59 Å². The first-order valence-electron chi connectivity index (χ1n) is 10.3. The molecule has 4 rings (SSSR count). The lowest BCUT2D eigenvalue weighted by molar-refractivity contribution is -0.129. The van der Waals surface area contributed by atoms with Crippen molar-refractivity contribution < 1.29 is 19.4 Å². The number of likely N-dealkylation sites (tertiary alicyclic amines) is 1. The average Bonchev–Trinajstić information content (AvgIpc) is 3.55. The second-order valence-corrected chi connectivity index (χ2v) is 7.95. The summed E-state index contributed by atoms with van der Waals surface area (Å²) in [5.41, 5.74) is 1.00. The smallest absolute Gasteiger partial charge is 0.290 e. The molecule has 1 amide bonds. The van der Waals surface area contributed by atoms with Crippen LogP contribution in [0.5, 0.6) is 5.75 Å². The van der Waals surface area contributed by atoms with E-state index in [0.29, 0.717) is 12.3 Å². The van der Waals surface area contributed by atoms with Gasteiger partial charge in [-0.05, 0) is 44.8 Å². The lowest BCUT2D eigenvalue weighted by Crippen LogP contribution is -2.40. The van der Waals surface area contributed by atoms with Crippen molar-refractivity contribution in [2.45, 2.75) is 38.1 Å². The summed E-state index contributed by atoms with van der Waals surface area (Å²) in [5, 5.41) is 10.6. The van der Waals surface area contributed by atoms with E-state index in [0.717, 1.165) is 38.0 Å². The lowest BCUT2D eigenvalue weighted by Gasteiger charge is -2.32. The fourth-order valence-electron chi connectivity index (χ4n) is 4.35. The average molecular weight is 384 g/mol. The third kappa shape index (κ3) is 3.53. The maximum atomic E-state index is 13.0. The van der Waals surface area contributed by atoms with Gasteiger partial charge in [-0.2, -0.15) is 0 Å². The van der Waals surface area contributed by atoms with Crippen LogP contribution in [0.1, 0.15) is 43.7 Å². The zero-order valence-corrected chi connectivity index (χ0v) is 16.4. The highest BCUT2D eigenvalue weighted by Gasteiger charge is 2.47. The molecule has 1 unspecified atom stereocenters. The van der Waals surface area contributed by atoms with Gasteiger partial charge in [0.2, 0.25) is 0 Å². The molecule has 0 bridgehead atoms. The Hall–Kier alpha value is -2.34. The Morgan fingerprint density at radius 2 is 1.86 bits per heavy atom. The fraction of sp³-hybridized carbons (Fsp3) is 0.545. The molecule has 2 fully saturated rings. The second kappa shape index (κ2) is 7.95. The molecule has 0 aromatic heterocycles. The van der Waals surface area contributed by atoms with Crippen molar-refractivity contribution in [3.63, 3.8) is 0 Å². The summed E-state index contributed by atoms with van der Waals surface area (Å²) in [6, 6.07) is 6.87. The van der Waals surface area contributed by atoms with Gasteiger partial charge in [0.15, 0.2) is 11.5 Å². The van der Waals surface area contributed by atoms with E-state index in [-0.39, 0.29) is 23.0 Å². The third-order valence-electron chi connectivity index (χ3n) is 6.06. The minimum Gasteiger partial charge on any atom is -0.503 e. The van der Waals surface area contributed by atoms with Crippen LogP contribution in [0.15, 0.2) is 35.6 Å². The number of ether oxygens (including phenoxy) is 1. The Balaban J connectivity index is 1.65. The molecule has 1 N–H and O–H groups in total. The monoisotopic (exact) mass is 384 g/mol. The molecule has 0 radical (unpaired) electrons. The number of Topliss-reactive ketones (excluding diaryl/α,β-unsaturated/α-hetero) is 1. The maximum absolute atomic E-state index is 13.0. The Kier molecular flexibility index (Phi) is 5.40. The molecular weight excluding hydrogens is 356 g/mol. The molecule has 2 aliphatic heterocycles. The van der Waals surface area contributed by atoms with E-state index < -0.39 is 11.9 Å². The first kappa shape index (κ1) is 19.0. The highest BCUT2D eigenvalue weighted by Crippen LogP contribution is 2.45. The van der Waals surface area contributed by atoms with Gasteiger partial charge in [-0.1, -0.05) is 24.6 Å². The molecule has 1 atom stereocenters. The number of aliphatic hydroxyl groups excluding tert-OH is 1. The van der Waals surface area contributed by atoms with Crippen molar-refractivity contribution >= 4 is 11.7 Å². The number of carbonyl (C=O) groups is 2. The third-order valence-corrected chi connectivity index (χ3v) is 6.06. The molecule has 1 aliphatic carbocycles. The summed E-state index contributed by atoms with van der Waals surface area (Å²) in [6.07, 6.45) is 5.27. The van der Waals surface area contributed by atoms with E-state index in [4.69, 9.17) is 4.74 Å². The molecular formula is C22H28N2O4. The second-order valence-electron chi connectivity index (χ2n) is 7.95. The van der Waals surface area contributed by atoms with Crippen LogP contribution < -0.4 is 4.74 Å². The molecule has 6 heteroatoms. The van der Waals surface area contributed by atoms with Gasteiger partial charge in [0.05, 0.1) is 18.7 Å². The Morgan fingerprint density at radius 3 is 2.54 bits per heavy atom. The van der Waals surface area contributed by atoms with Crippen molar-refractivity contribution in [1.29, 1.82) is 0 Å². The predicted molar refractivity (Wildman–Crippen MR) is 105 cm³/mol. The number of rotatable bonds is 7. The van der Waals surface area contributed by atoms with Crippen LogP contribution >= 0.6 is 0 Å². The van der Waals surface area contributed by atoms with Crippen LogP contribution in [-0.4, -0.2) is 59.9 Å². The molecule has 150 valence electrons. The van der Waals surface area contributed by atoms with Crippen molar-refractivity contribution in [2.24, 2.45) is 5.92 Å². The number of aliphatic hydroxyl groups is 1. The minimum absolute atomic E-state index is 0.0656. The first-order valence-corrected chi connectivity index (χ1v) is 10.3. The van der Waals surface area contributed by atoms with Crippen molar-refractivity contribution in [1.82, 2.24) is 9.80 Å². The van der Waals surface area contributed by atoms with Gasteiger partial charge >= 0.3 is 0 Å². The van der Waals surface area contributed by atoms with E-state index in [1.54, 1.807) is 12.0 Å². The van der Waals surface area contributed by atoms with Crippen molar-refractivity contribution in [3.05, 3.63) is 41.2 Å². The van der Waals surface area contributed by atoms with Crippen LogP contribution in [0.3, 0.4) is 0 Å². The number of para-hydroxylation sites is 1. The number of hydrogen-bond acceptors (Lipinski definition) is 5. The van der Waals surface area contributed by atoms with Gasteiger partial charge in [-0.15, -0.1) is 0 Å². The molecule has 0 spiro atoms. The summed E-state index contributed by atoms with van der Waals surface area (Å²) >= 11 is 0. The molecule has 1 saturated heterocycles. The van der Waals surface area contributed by atoms with Gasteiger partial charge < -0.3 is 19.6 Å². The molecule has 3 aliphatic rings. The van der Waals surface area contributed by atoms with Crippen molar-refractivity contribution in [3.8, 4) is 5.75 Å². The Labute approximate surface area is 165 Å². The van der Waals surface area contributed by atoms with E-state index in [2.05, 4.69) is 4.90 Å². The van der Waals surface area contributed by atoms with Gasteiger partial charge in [0.1, 0.15) is 5.75 Å². The lowest BCUT2D eigenvalue weighted by atomic mass is 9.93. The number of methoxy groups -OCH3 is 1. The topological polar surface area (TPSA) is 70.1 Å². The summed E-state index contributed by atoms with van der Waals surface area (Å²) < 4.78 is 5.51. The molecule has 2 heterocycles. The number of hydrogen-bond donors (Lipinski definition) is 1. The van der Waals surface area contributed by atoms with E-state index in [1.807, 2.05) is 24.3 Å². The number of amides is 1. The van der Waals surface area contributed by atoms with Crippen LogP contribution in [0.25, 0.3) is 0 Å². The van der Waals surface area contributed by atoms with Gasteiger partial charge in [-0.3, -0.25) is 9.59 Å². The number of ketones is 1. The standard InChI is InChI=1S/C22H28N2O4/c1-28-17-8-4-3-7-16(17)19-18(20(25)15-9-10-15)21(26)22(27)24(19)14-13-23-11-5-2-6-12-23/h3-4,7-8,15,19,26H,2,5-6,9-14H2,1H3. The number of nitrogens with zero attached hydrogens (tertiary/aromatic N) is 2. The van der Waals surface area contributed by atoms with Crippen LogP contribution in [0.4, 0.5) is 0 Å². The zero-order chi connectivity index (χ0) is 19.7. The zero-order valence-electron chi connectivity index (χ0n) is 16.4. The summed E-state index contributed by atoms with van der Waals surface area (Å²) in [6.45, 7) is 3.30. The number of benzene rings is 1. The largest absolute Gasteiger partial charge is 0.503 e. The minimum atomic E-state index is -0.582. The van der Waals surface area contributed by atoms with E-state index >= 15 is 0 Å². The number of carbonyl (C=O) groups excluding carboxylic acids is 2. The molecule has 1 aromatic rings. The normalized spacial score (nSPS) is 23.4. The Bertz CT molecular complexity index is 793. The highest BCUT2D eigenvalue weighted by molar-refractivity contribution is 6.10. The predicted octanol–water partition coefficient (Wildman–Crippen LogP) is 2.86. The first-order chi connectivity index (χ1) is 13.6. The summed E-state index contributed by atoms with van der Waals surface area (Å²) in [5.74, 6) is -0.367. The Morgan fingerprint density at radius 1 is 1.14 bits per heavy atom. The number of piperidine rings is 1. The van der Waals surface area contributed by atoms with Gasteiger partial charge in [0, 0.05) is 24.6 Å². The SMILES string of the molecule is COc1ccccc1C1C(C(=O)C2CC2)=C(O)C(=O)N1CCN1CCCCC1. The van der Waals surface area contributed by atoms with Gasteiger partial charge in [-0.25, -0.2) is 0 Å². The van der Waals surface area contributed by atoms with Crippen molar-refractivity contribution in [2.75, 3.05) is 33.3 Å². The van der Waals surface area contributed by atoms with Crippen LogP contribution in [0.2, 0.25) is 0 Å². The summed E-state index contributed by atoms with van der Waals surface area (Å²) in [7, 11) is 1.58. The quantitative estimate of drug-likeness (QED) is 0.783. The van der Waals surface area contributed by atoms with Gasteiger partial charge in [0.25, 0.3) is 5.91 Å².